The second-order valence-corrected chi connectivity index (χ2v) is 3.55. The first-order valence-electron chi connectivity index (χ1n) is 4.86. The molecule has 0 bridgehead atoms. The predicted molar refractivity (Wildman–Crippen MR) is 60.0 cm³/mol. The zero-order valence-electron chi connectivity index (χ0n) is 9.00. The highest BCUT2D eigenvalue weighted by molar-refractivity contribution is 5.83. The van der Waals surface area contributed by atoms with Crippen LogP contribution in [-0.2, 0) is 0 Å². The number of H-pyrrole nitrogens is 1. The van der Waals surface area contributed by atoms with Crippen molar-refractivity contribution in [2.75, 3.05) is 17.7 Å². The standard InChI is InChI=1S/C9H14N6/c1-5(2)13-9-14-7(10-3)6-8(15-9)12-4-11-6/h4-5H,1-3H3,(H3,10,11,12,13,14,15). The molecule has 0 aliphatic rings. The average Bonchev–Trinajstić information content (AvgIpc) is 2.63. The maximum Gasteiger partial charge on any atom is 0.227 e. The fraction of sp³-hybridized carbons (Fsp3) is 0.444. The number of hydrogen-bond donors (Lipinski definition) is 3. The molecule has 80 valence electrons. The van der Waals surface area contributed by atoms with Crippen molar-refractivity contribution in [3.8, 4) is 0 Å². The lowest BCUT2D eigenvalue weighted by Gasteiger charge is -2.09. The van der Waals surface area contributed by atoms with Gasteiger partial charge in [0.15, 0.2) is 11.5 Å². The topological polar surface area (TPSA) is 78.5 Å². The van der Waals surface area contributed by atoms with Crippen molar-refractivity contribution in [2.45, 2.75) is 19.9 Å². The summed E-state index contributed by atoms with van der Waals surface area (Å²) in [6, 6.07) is 0.297. The Bertz CT molecular complexity index is 461. The number of fused-ring (bicyclic) bond motifs is 1. The van der Waals surface area contributed by atoms with E-state index in [1.807, 2.05) is 20.9 Å². The lowest BCUT2D eigenvalue weighted by molar-refractivity contribution is 0.877. The van der Waals surface area contributed by atoms with Crippen molar-refractivity contribution in [1.82, 2.24) is 19.9 Å². The van der Waals surface area contributed by atoms with Crippen molar-refractivity contribution in [1.29, 1.82) is 0 Å². The Morgan fingerprint density at radius 1 is 1.33 bits per heavy atom. The van der Waals surface area contributed by atoms with Crippen molar-refractivity contribution in [3.63, 3.8) is 0 Å². The van der Waals surface area contributed by atoms with Gasteiger partial charge in [-0.25, -0.2) is 4.98 Å². The van der Waals surface area contributed by atoms with E-state index >= 15 is 0 Å². The van der Waals surface area contributed by atoms with Gasteiger partial charge < -0.3 is 15.6 Å². The Kier molecular flexibility index (Phi) is 2.40. The van der Waals surface area contributed by atoms with Crippen molar-refractivity contribution in [2.24, 2.45) is 0 Å². The zero-order chi connectivity index (χ0) is 10.8. The minimum atomic E-state index is 0.297. The number of imidazole rings is 1. The van der Waals surface area contributed by atoms with E-state index in [0.29, 0.717) is 17.6 Å². The molecule has 0 fully saturated rings. The molecule has 2 heterocycles. The number of anilines is 2. The van der Waals surface area contributed by atoms with Crippen molar-refractivity contribution >= 4 is 22.9 Å². The molecular weight excluding hydrogens is 192 g/mol. The number of hydrogen-bond acceptors (Lipinski definition) is 5. The van der Waals surface area contributed by atoms with Gasteiger partial charge in [0, 0.05) is 13.1 Å². The Labute approximate surface area is 87.5 Å². The van der Waals surface area contributed by atoms with Crippen LogP contribution in [0.1, 0.15) is 13.8 Å². The number of rotatable bonds is 3. The van der Waals surface area contributed by atoms with E-state index in [-0.39, 0.29) is 0 Å². The van der Waals surface area contributed by atoms with Crippen molar-refractivity contribution < 1.29 is 0 Å². The highest BCUT2D eigenvalue weighted by Crippen LogP contribution is 2.17. The summed E-state index contributed by atoms with van der Waals surface area (Å²) in [5.74, 6) is 1.34. The fourth-order valence-corrected chi connectivity index (χ4v) is 1.34. The first-order chi connectivity index (χ1) is 7.20. The lowest BCUT2D eigenvalue weighted by atomic mass is 10.4. The highest BCUT2D eigenvalue weighted by atomic mass is 15.2. The second-order valence-electron chi connectivity index (χ2n) is 3.55. The van der Waals surface area contributed by atoms with Crippen LogP contribution in [0.5, 0.6) is 0 Å². The van der Waals surface area contributed by atoms with Crippen LogP contribution in [0, 0.1) is 0 Å². The van der Waals surface area contributed by atoms with Gasteiger partial charge in [0.25, 0.3) is 0 Å². The van der Waals surface area contributed by atoms with Crippen LogP contribution < -0.4 is 10.6 Å². The van der Waals surface area contributed by atoms with Gasteiger partial charge in [-0.1, -0.05) is 0 Å². The molecule has 15 heavy (non-hydrogen) atoms. The molecule has 0 spiro atoms. The quantitative estimate of drug-likeness (QED) is 0.703. The molecule has 0 aromatic carbocycles. The third-order valence-corrected chi connectivity index (χ3v) is 1.94. The summed E-state index contributed by atoms with van der Waals surface area (Å²) in [6.45, 7) is 4.08. The van der Waals surface area contributed by atoms with Crippen LogP contribution >= 0.6 is 0 Å². The van der Waals surface area contributed by atoms with Gasteiger partial charge in [-0.2, -0.15) is 9.97 Å². The minimum Gasteiger partial charge on any atom is -0.371 e. The third-order valence-electron chi connectivity index (χ3n) is 1.94. The molecule has 0 radical (unpaired) electrons. The van der Waals surface area contributed by atoms with Gasteiger partial charge in [0.05, 0.1) is 6.33 Å². The van der Waals surface area contributed by atoms with Crippen LogP contribution in [0.25, 0.3) is 11.2 Å². The molecule has 6 nitrogen and oxygen atoms in total. The summed E-state index contributed by atoms with van der Waals surface area (Å²) in [6.07, 6.45) is 1.61. The summed E-state index contributed by atoms with van der Waals surface area (Å²) in [5.41, 5.74) is 1.49. The van der Waals surface area contributed by atoms with Crippen LogP contribution in [0.2, 0.25) is 0 Å². The van der Waals surface area contributed by atoms with Crippen LogP contribution in [0.4, 0.5) is 11.8 Å². The highest BCUT2D eigenvalue weighted by Gasteiger charge is 2.08. The van der Waals surface area contributed by atoms with Crippen LogP contribution in [-0.4, -0.2) is 33.0 Å². The van der Waals surface area contributed by atoms with E-state index in [9.17, 15) is 0 Å². The zero-order valence-corrected chi connectivity index (χ0v) is 9.00. The van der Waals surface area contributed by atoms with E-state index in [1.54, 1.807) is 6.33 Å². The molecular formula is C9H14N6. The van der Waals surface area contributed by atoms with Gasteiger partial charge in [0.2, 0.25) is 5.95 Å². The summed E-state index contributed by atoms with van der Waals surface area (Å²) in [7, 11) is 1.82. The van der Waals surface area contributed by atoms with E-state index in [0.717, 1.165) is 11.3 Å². The minimum absolute atomic E-state index is 0.297. The molecule has 0 aliphatic carbocycles. The van der Waals surface area contributed by atoms with Gasteiger partial charge in [-0.05, 0) is 13.8 Å². The summed E-state index contributed by atoms with van der Waals surface area (Å²) in [5, 5.41) is 6.15. The molecule has 0 aliphatic heterocycles. The summed E-state index contributed by atoms with van der Waals surface area (Å²) < 4.78 is 0. The van der Waals surface area contributed by atoms with Crippen molar-refractivity contribution in [3.05, 3.63) is 6.33 Å². The SMILES string of the molecule is CNc1nc(NC(C)C)nc2nc[nH]c12. The van der Waals surface area contributed by atoms with E-state index in [1.165, 1.54) is 0 Å². The molecule has 2 aromatic rings. The van der Waals surface area contributed by atoms with Crippen LogP contribution in [0.3, 0.4) is 0 Å². The molecule has 0 atom stereocenters. The van der Waals surface area contributed by atoms with Crippen LogP contribution in [0.15, 0.2) is 6.33 Å². The maximum absolute atomic E-state index is 4.33. The monoisotopic (exact) mass is 206 g/mol. The first kappa shape index (κ1) is 9.70. The normalized spacial score (nSPS) is 10.9. The van der Waals surface area contributed by atoms with Gasteiger partial charge in [-0.15, -0.1) is 0 Å². The number of aromatic amines is 1. The average molecular weight is 206 g/mol. The Morgan fingerprint density at radius 2 is 2.13 bits per heavy atom. The summed E-state index contributed by atoms with van der Waals surface area (Å²) in [4.78, 5) is 15.7. The van der Waals surface area contributed by atoms with E-state index in [4.69, 9.17) is 0 Å². The van der Waals surface area contributed by atoms with Gasteiger partial charge in [-0.3, -0.25) is 0 Å². The molecule has 6 heteroatoms. The van der Waals surface area contributed by atoms with Gasteiger partial charge in [0.1, 0.15) is 5.52 Å². The molecule has 0 amide bonds. The second kappa shape index (κ2) is 3.72. The number of nitrogens with one attached hydrogen (secondary N) is 3. The molecule has 0 unspecified atom stereocenters. The first-order valence-corrected chi connectivity index (χ1v) is 4.86. The Hall–Kier alpha value is -1.85. The Morgan fingerprint density at radius 3 is 2.80 bits per heavy atom. The maximum atomic E-state index is 4.33. The molecule has 3 N–H and O–H groups in total. The molecule has 2 aromatic heterocycles. The lowest BCUT2D eigenvalue weighted by Crippen LogP contribution is -2.13. The van der Waals surface area contributed by atoms with Gasteiger partial charge >= 0.3 is 0 Å². The van der Waals surface area contributed by atoms with E-state index in [2.05, 4.69) is 30.6 Å². The summed E-state index contributed by atoms with van der Waals surface area (Å²) >= 11 is 0. The van der Waals surface area contributed by atoms with E-state index < -0.39 is 0 Å². The number of nitrogens with zero attached hydrogens (tertiary/aromatic N) is 3. The molecule has 2 rings (SSSR count). The molecule has 0 saturated heterocycles. The largest absolute Gasteiger partial charge is 0.371 e. The Balaban J connectivity index is 2.49. The smallest absolute Gasteiger partial charge is 0.227 e. The predicted octanol–water partition coefficient (Wildman–Crippen LogP) is 1.21. The fourth-order valence-electron chi connectivity index (χ4n) is 1.34. The third kappa shape index (κ3) is 1.83. The number of aromatic nitrogens is 4. The molecule has 0 saturated carbocycles.